The van der Waals surface area contributed by atoms with Crippen LogP contribution in [0.5, 0.6) is 11.5 Å². The molecule has 3 rings (SSSR count). The van der Waals surface area contributed by atoms with Crippen molar-refractivity contribution in [1.29, 1.82) is 0 Å². The van der Waals surface area contributed by atoms with Gasteiger partial charge in [0.05, 0.1) is 0 Å². The predicted molar refractivity (Wildman–Crippen MR) is 74.2 cm³/mol. The first-order chi connectivity index (χ1) is 9.17. The van der Waals surface area contributed by atoms with E-state index in [1.807, 2.05) is 19.2 Å². The summed E-state index contributed by atoms with van der Waals surface area (Å²) in [4.78, 5) is 0. The minimum absolute atomic E-state index is 0.186. The van der Waals surface area contributed by atoms with Crippen LogP contribution in [0.25, 0.3) is 0 Å². The molecule has 1 unspecified atom stereocenters. The number of anilines is 1. The van der Waals surface area contributed by atoms with Crippen LogP contribution in [0.3, 0.4) is 0 Å². The topological polar surface area (TPSA) is 56.3 Å². The fourth-order valence-electron chi connectivity index (χ4n) is 1.91. The molecule has 5 nitrogen and oxygen atoms in total. The number of nitrogens with one attached hydrogen (secondary N) is 1. The van der Waals surface area contributed by atoms with Crippen LogP contribution in [0.15, 0.2) is 12.1 Å². The molecule has 100 valence electrons. The van der Waals surface area contributed by atoms with Crippen molar-refractivity contribution in [2.75, 3.05) is 19.0 Å². The molecule has 0 aliphatic carbocycles. The number of hydrogen-bond donors (Lipinski definition) is 1. The summed E-state index contributed by atoms with van der Waals surface area (Å²) >= 11 is 1.48. The first kappa shape index (κ1) is 12.2. The minimum atomic E-state index is -0.186. The van der Waals surface area contributed by atoms with Gasteiger partial charge in [-0.1, -0.05) is 11.3 Å². The summed E-state index contributed by atoms with van der Waals surface area (Å²) in [6.45, 7) is 4.59. The third kappa shape index (κ3) is 2.23. The van der Waals surface area contributed by atoms with Crippen molar-refractivity contribution in [3.05, 3.63) is 28.3 Å². The third-order valence-electron chi connectivity index (χ3n) is 3.15. The Balaban J connectivity index is 1.87. The Morgan fingerprint density at radius 1 is 1.21 bits per heavy atom. The summed E-state index contributed by atoms with van der Waals surface area (Å²) in [6.07, 6.45) is -0.186. The van der Waals surface area contributed by atoms with Crippen molar-refractivity contribution in [2.45, 2.75) is 20.0 Å². The lowest BCUT2D eigenvalue weighted by Gasteiger charge is -2.25. The van der Waals surface area contributed by atoms with Gasteiger partial charge in [-0.25, -0.2) is 0 Å². The fraction of sp³-hybridized carbons (Fsp3) is 0.385. The van der Waals surface area contributed by atoms with E-state index in [0.29, 0.717) is 6.61 Å². The van der Waals surface area contributed by atoms with Gasteiger partial charge in [0.25, 0.3) is 0 Å². The molecule has 0 saturated heterocycles. The molecule has 0 radical (unpaired) electrons. The van der Waals surface area contributed by atoms with E-state index in [4.69, 9.17) is 9.47 Å². The quantitative estimate of drug-likeness (QED) is 0.914. The Morgan fingerprint density at radius 2 is 1.95 bits per heavy atom. The number of fused-ring (bicyclic) bond motifs is 1. The molecular formula is C13H15N3O2S. The summed E-state index contributed by atoms with van der Waals surface area (Å²) in [5, 5.41) is 12.7. The van der Waals surface area contributed by atoms with E-state index in [9.17, 15) is 0 Å². The maximum atomic E-state index is 5.97. The van der Waals surface area contributed by atoms with Crippen LogP contribution in [0, 0.1) is 13.8 Å². The van der Waals surface area contributed by atoms with Gasteiger partial charge in [0.15, 0.2) is 22.6 Å². The van der Waals surface area contributed by atoms with E-state index in [1.54, 1.807) is 0 Å². The second-order valence-corrected chi connectivity index (χ2v) is 5.51. The van der Waals surface area contributed by atoms with Crippen LogP contribution < -0.4 is 14.8 Å². The largest absolute Gasteiger partial charge is 0.485 e. The van der Waals surface area contributed by atoms with Crippen LogP contribution in [0.4, 0.5) is 5.13 Å². The Morgan fingerprint density at radius 3 is 2.63 bits per heavy atom. The average Bonchev–Trinajstić information content (AvgIpc) is 2.88. The molecule has 19 heavy (non-hydrogen) atoms. The van der Waals surface area contributed by atoms with Crippen molar-refractivity contribution in [3.8, 4) is 11.5 Å². The zero-order valence-corrected chi connectivity index (χ0v) is 11.9. The molecule has 1 aliphatic heterocycles. The van der Waals surface area contributed by atoms with Crippen LogP contribution in [0.2, 0.25) is 0 Å². The van der Waals surface area contributed by atoms with E-state index in [0.717, 1.165) is 21.6 Å². The molecule has 1 N–H and O–H groups in total. The van der Waals surface area contributed by atoms with E-state index in [2.05, 4.69) is 29.4 Å². The van der Waals surface area contributed by atoms with Gasteiger partial charge in [-0.15, -0.1) is 10.2 Å². The van der Waals surface area contributed by atoms with Gasteiger partial charge in [0.1, 0.15) is 6.61 Å². The Bertz CT molecular complexity index is 612. The number of rotatable bonds is 2. The van der Waals surface area contributed by atoms with Crippen molar-refractivity contribution in [3.63, 3.8) is 0 Å². The van der Waals surface area contributed by atoms with E-state index in [-0.39, 0.29) is 6.10 Å². The lowest BCUT2D eigenvalue weighted by atomic mass is 10.1. The Hall–Kier alpha value is -1.82. The number of nitrogens with zero attached hydrogens (tertiary/aromatic N) is 2. The lowest BCUT2D eigenvalue weighted by Crippen LogP contribution is -2.21. The molecule has 1 aliphatic rings. The van der Waals surface area contributed by atoms with Crippen molar-refractivity contribution < 1.29 is 9.47 Å². The monoisotopic (exact) mass is 277 g/mol. The summed E-state index contributed by atoms with van der Waals surface area (Å²) in [7, 11) is 1.82. The average molecular weight is 277 g/mol. The summed E-state index contributed by atoms with van der Waals surface area (Å²) in [5.74, 6) is 1.58. The molecule has 0 amide bonds. The zero-order chi connectivity index (χ0) is 13.4. The highest BCUT2D eigenvalue weighted by Gasteiger charge is 2.26. The van der Waals surface area contributed by atoms with Gasteiger partial charge < -0.3 is 14.8 Å². The second kappa shape index (κ2) is 4.70. The third-order valence-corrected chi connectivity index (χ3v) is 4.18. The number of hydrogen-bond acceptors (Lipinski definition) is 6. The highest BCUT2D eigenvalue weighted by atomic mass is 32.1. The molecule has 1 atom stereocenters. The summed E-state index contributed by atoms with van der Waals surface area (Å²) in [6, 6.07) is 4.02. The van der Waals surface area contributed by atoms with Crippen LogP contribution in [-0.2, 0) is 0 Å². The zero-order valence-electron chi connectivity index (χ0n) is 11.1. The molecule has 0 saturated carbocycles. The maximum Gasteiger partial charge on any atom is 0.205 e. The van der Waals surface area contributed by atoms with E-state index < -0.39 is 0 Å². The molecule has 2 aromatic rings. The molecule has 1 aromatic heterocycles. The standard InChI is InChI=1S/C13H15N3O2S/c1-7-4-9-10(5-8(7)2)18-11(6-17-9)12-15-16-13(14-3)19-12/h4-5,11H,6H2,1-3H3,(H,14,16). The number of ether oxygens (including phenoxy) is 2. The number of aryl methyl sites for hydroxylation is 2. The Kier molecular flexibility index (Phi) is 3.02. The minimum Gasteiger partial charge on any atom is -0.485 e. The molecule has 2 heterocycles. The molecular weight excluding hydrogens is 262 g/mol. The van der Waals surface area contributed by atoms with Gasteiger partial charge in [-0.05, 0) is 37.1 Å². The van der Waals surface area contributed by atoms with Gasteiger partial charge in [0, 0.05) is 7.05 Å². The first-order valence-electron chi connectivity index (χ1n) is 6.09. The predicted octanol–water partition coefficient (Wildman–Crippen LogP) is 2.71. The Labute approximate surface area is 115 Å². The molecule has 0 spiro atoms. The molecule has 1 aromatic carbocycles. The van der Waals surface area contributed by atoms with Gasteiger partial charge in [0.2, 0.25) is 5.13 Å². The van der Waals surface area contributed by atoms with E-state index in [1.165, 1.54) is 22.5 Å². The lowest BCUT2D eigenvalue weighted by molar-refractivity contribution is 0.0904. The van der Waals surface area contributed by atoms with Crippen molar-refractivity contribution in [2.24, 2.45) is 0 Å². The van der Waals surface area contributed by atoms with Crippen molar-refractivity contribution in [1.82, 2.24) is 10.2 Å². The SMILES string of the molecule is CNc1nnc(C2COc3cc(C)c(C)cc3O2)s1. The fourth-order valence-corrected chi connectivity index (χ4v) is 2.62. The summed E-state index contributed by atoms with van der Waals surface area (Å²) in [5.41, 5.74) is 2.39. The molecule has 0 fully saturated rings. The van der Waals surface area contributed by atoms with Gasteiger partial charge >= 0.3 is 0 Å². The van der Waals surface area contributed by atoms with Gasteiger partial charge in [-0.2, -0.15) is 0 Å². The highest BCUT2D eigenvalue weighted by Crippen LogP contribution is 2.39. The first-order valence-corrected chi connectivity index (χ1v) is 6.91. The van der Waals surface area contributed by atoms with Crippen molar-refractivity contribution >= 4 is 16.5 Å². The van der Waals surface area contributed by atoms with E-state index >= 15 is 0 Å². The smallest absolute Gasteiger partial charge is 0.205 e. The number of aromatic nitrogens is 2. The highest BCUT2D eigenvalue weighted by molar-refractivity contribution is 7.15. The molecule has 6 heteroatoms. The summed E-state index contributed by atoms with van der Waals surface area (Å²) < 4.78 is 11.7. The molecule has 0 bridgehead atoms. The van der Waals surface area contributed by atoms with Gasteiger partial charge in [-0.3, -0.25) is 0 Å². The second-order valence-electron chi connectivity index (χ2n) is 4.50. The normalized spacial score (nSPS) is 17.3. The maximum absolute atomic E-state index is 5.97. The van der Waals surface area contributed by atoms with Crippen LogP contribution in [0.1, 0.15) is 22.2 Å². The van der Waals surface area contributed by atoms with Crippen LogP contribution in [-0.4, -0.2) is 23.9 Å². The van der Waals surface area contributed by atoms with Crippen LogP contribution >= 0.6 is 11.3 Å². The number of benzene rings is 1.